The molecule has 2 aliphatic heterocycles. The van der Waals surface area contributed by atoms with Crippen LogP contribution in [0.4, 0.5) is 4.79 Å². The minimum absolute atomic E-state index is 0.279. The van der Waals surface area contributed by atoms with E-state index in [1.165, 1.54) is 11.1 Å². The van der Waals surface area contributed by atoms with Crippen molar-refractivity contribution in [2.75, 3.05) is 13.1 Å². The summed E-state index contributed by atoms with van der Waals surface area (Å²) in [4.78, 5) is 12.2. The molecule has 2 N–H and O–H groups in total. The van der Waals surface area contributed by atoms with Gasteiger partial charge >= 0.3 is 13.2 Å². The Bertz CT molecular complexity index is 811. The molecule has 0 spiro atoms. The third-order valence-corrected chi connectivity index (χ3v) is 5.86. The van der Waals surface area contributed by atoms with Crippen molar-refractivity contribution in [3.8, 4) is 0 Å². The van der Waals surface area contributed by atoms with Crippen molar-refractivity contribution in [3.05, 3.63) is 40.4 Å². The summed E-state index contributed by atoms with van der Waals surface area (Å²) in [6.45, 7) is 15.8. The Morgan fingerprint density at radius 2 is 1.87 bits per heavy atom. The third kappa shape index (κ3) is 5.45. The molecule has 6 nitrogen and oxygen atoms in total. The topological polar surface area (TPSA) is 68.8 Å². The highest BCUT2D eigenvalue weighted by Gasteiger charge is 2.52. The second-order valence-corrected chi connectivity index (χ2v) is 10.1. The van der Waals surface area contributed by atoms with Crippen LogP contribution in [0.25, 0.3) is 6.08 Å². The maximum Gasteiger partial charge on any atom is 0.492 e. The average molecular weight is 414 g/mol. The van der Waals surface area contributed by atoms with Crippen LogP contribution in [0, 0.1) is 0 Å². The maximum absolute atomic E-state index is 12.2. The largest absolute Gasteiger partial charge is 0.492 e. The summed E-state index contributed by atoms with van der Waals surface area (Å²) in [5.74, 6) is 0. The molecule has 0 unspecified atom stereocenters. The second-order valence-electron chi connectivity index (χ2n) is 10.1. The Morgan fingerprint density at radius 1 is 1.20 bits per heavy atom. The van der Waals surface area contributed by atoms with Crippen molar-refractivity contribution < 1.29 is 18.8 Å². The molecule has 0 radical (unpaired) electrons. The van der Waals surface area contributed by atoms with E-state index < -0.39 is 30.0 Å². The van der Waals surface area contributed by atoms with Gasteiger partial charge in [-0.25, -0.2) is 4.79 Å². The highest BCUT2D eigenvalue weighted by atomic mass is 16.7. The van der Waals surface area contributed by atoms with Gasteiger partial charge in [0.1, 0.15) is 5.60 Å². The number of amides is 1. The molecule has 0 aliphatic carbocycles. The van der Waals surface area contributed by atoms with Crippen LogP contribution in [0.15, 0.2) is 23.7 Å². The normalized spacial score (nSPS) is 20.6. The van der Waals surface area contributed by atoms with Gasteiger partial charge in [-0.3, -0.25) is 0 Å². The van der Waals surface area contributed by atoms with Gasteiger partial charge in [0.2, 0.25) is 0 Å². The molecule has 1 amide bonds. The van der Waals surface area contributed by atoms with E-state index in [4.69, 9.17) is 14.0 Å². The van der Waals surface area contributed by atoms with E-state index in [0.29, 0.717) is 0 Å². The first kappa shape index (κ1) is 22.9. The Balaban J connectivity index is 1.84. The summed E-state index contributed by atoms with van der Waals surface area (Å²) in [7, 11) is -0.543. The van der Waals surface area contributed by atoms with Gasteiger partial charge in [0, 0.05) is 13.1 Å². The molecule has 164 valence electrons. The molecule has 7 heteroatoms. The Hall–Kier alpha value is -1.83. The van der Waals surface area contributed by atoms with E-state index in [9.17, 15) is 4.79 Å². The molecular weight excluding hydrogens is 379 g/mol. The number of benzene rings is 1. The average Bonchev–Trinajstić information content (AvgIpc) is 2.84. The highest BCUT2D eigenvalue weighted by Crippen LogP contribution is 2.38. The van der Waals surface area contributed by atoms with Crippen molar-refractivity contribution in [3.63, 3.8) is 0 Å². The van der Waals surface area contributed by atoms with Crippen molar-refractivity contribution in [2.24, 2.45) is 0 Å². The van der Waals surface area contributed by atoms with Crippen LogP contribution in [0.1, 0.15) is 65.2 Å². The summed E-state index contributed by atoms with van der Waals surface area (Å²) in [6, 6.07) is 6.49. The van der Waals surface area contributed by atoms with Crippen LogP contribution in [-0.2, 0) is 27.0 Å². The Labute approximate surface area is 180 Å². The first-order valence-electron chi connectivity index (χ1n) is 10.7. The van der Waals surface area contributed by atoms with Gasteiger partial charge in [0.15, 0.2) is 0 Å². The molecular formula is C23H35BN2O4. The van der Waals surface area contributed by atoms with E-state index in [1.54, 1.807) is 0 Å². The van der Waals surface area contributed by atoms with Gasteiger partial charge in [-0.05, 0) is 83.6 Å². The van der Waals surface area contributed by atoms with Gasteiger partial charge in [-0.1, -0.05) is 24.3 Å². The van der Waals surface area contributed by atoms with Gasteiger partial charge in [-0.15, -0.1) is 0 Å². The van der Waals surface area contributed by atoms with E-state index in [1.807, 2.05) is 48.5 Å². The fourth-order valence-electron chi connectivity index (χ4n) is 3.49. The molecule has 2 aliphatic rings. The monoisotopic (exact) mass is 414 g/mol. The smallest absolute Gasteiger partial charge is 0.444 e. The van der Waals surface area contributed by atoms with Crippen LogP contribution in [-0.4, -0.2) is 43.1 Å². The minimum Gasteiger partial charge on any atom is -0.444 e. The quantitative estimate of drug-likeness (QED) is 0.733. The van der Waals surface area contributed by atoms with Gasteiger partial charge in [0.05, 0.1) is 11.2 Å². The minimum atomic E-state index is -0.552. The number of hydrogen-bond acceptors (Lipinski definition) is 5. The predicted octanol–water partition coefficient (Wildman–Crippen LogP) is 3.87. The molecule has 0 atom stereocenters. The lowest BCUT2D eigenvalue weighted by atomic mass is 9.76. The standard InChI is InChI=1S/C23H35BN2O4/c1-21(2,3)28-20(27)26-15-19(24-29-22(4,5)23(6,7)30-24)13-16-8-9-17-10-11-25-14-18(17)12-16/h8-9,12-13,25H,10-11,14-15H2,1-7H3,(H,26,27). The number of nitrogens with one attached hydrogen (secondary N) is 2. The molecule has 30 heavy (non-hydrogen) atoms. The van der Waals surface area contributed by atoms with Crippen molar-refractivity contribution in [2.45, 2.75) is 78.2 Å². The number of carbonyl (C=O) groups excluding carboxylic acids is 1. The van der Waals surface area contributed by atoms with Gasteiger partial charge in [-0.2, -0.15) is 0 Å². The van der Waals surface area contributed by atoms with E-state index in [2.05, 4.69) is 34.9 Å². The molecule has 3 rings (SSSR count). The van der Waals surface area contributed by atoms with E-state index in [0.717, 1.165) is 30.5 Å². The molecule has 0 saturated carbocycles. The van der Waals surface area contributed by atoms with E-state index in [-0.39, 0.29) is 6.54 Å². The first-order chi connectivity index (χ1) is 13.9. The first-order valence-corrected chi connectivity index (χ1v) is 10.7. The lowest BCUT2D eigenvalue weighted by molar-refractivity contribution is 0.00578. The predicted molar refractivity (Wildman–Crippen MR) is 120 cm³/mol. The third-order valence-electron chi connectivity index (χ3n) is 5.86. The lowest BCUT2D eigenvalue weighted by Crippen LogP contribution is -2.41. The zero-order chi connectivity index (χ0) is 22.2. The zero-order valence-corrected chi connectivity index (χ0v) is 19.3. The maximum atomic E-state index is 12.2. The lowest BCUT2D eigenvalue weighted by Gasteiger charge is -2.32. The molecule has 1 aromatic carbocycles. The number of carbonyl (C=O) groups is 1. The summed E-state index contributed by atoms with van der Waals surface area (Å²) in [5, 5.41) is 6.27. The SMILES string of the molecule is CC(C)(C)OC(=O)NCC(=Cc1ccc2c(c1)CNCC2)B1OC(C)(C)C(C)(C)O1. The Morgan fingerprint density at radius 3 is 2.50 bits per heavy atom. The van der Waals surface area contributed by atoms with Crippen LogP contribution in [0.2, 0.25) is 0 Å². The summed E-state index contributed by atoms with van der Waals surface area (Å²) < 4.78 is 17.9. The number of rotatable bonds is 4. The number of alkyl carbamates (subject to hydrolysis) is 1. The molecule has 1 saturated heterocycles. The number of hydrogen-bond donors (Lipinski definition) is 2. The van der Waals surface area contributed by atoms with Crippen molar-refractivity contribution in [1.29, 1.82) is 0 Å². The molecule has 1 fully saturated rings. The molecule has 1 aromatic rings. The van der Waals surface area contributed by atoms with Crippen molar-refractivity contribution >= 4 is 19.3 Å². The Kier molecular flexibility index (Phi) is 6.37. The van der Waals surface area contributed by atoms with Gasteiger partial charge < -0.3 is 24.7 Å². The summed E-state index contributed by atoms with van der Waals surface area (Å²) >= 11 is 0. The second kappa shape index (κ2) is 8.37. The van der Waals surface area contributed by atoms with Crippen LogP contribution in [0.5, 0.6) is 0 Å². The summed E-state index contributed by atoms with van der Waals surface area (Å²) in [6.07, 6.45) is 2.64. The molecule has 0 bridgehead atoms. The fourth-order valence-corrected chi connectivity index (χ4v) is 3.49. The highest BCUT2D eigenvalue weighted by molar-refractivity contribution is 6.56. The zero-order valence-electron chi connectivity index (χ0n) is 19.3. The van der Waals surface area contributed by atoms with Crippen LogP contribution in [0.3, 0.4) is 0 Å². The van der Waals surface area contributed by atoms with Gasteiger partial charge in [0.25, 0.3) is 0 Å². The van der Waals surface area contributed by atoms with Crippen molar-refractivity contribution in [1.82, 2.24) is 10.6 Å². The number of fused-ring (bicyclic) bond motifs is 1. The van der Waals surface area contributed by atoms with E-state index >= 15 is 0 Å². The molecule has 2 heterocycles. The fraction of sp³-hybridized carbons (Fsp3) is 0.609. The summed E-state index contributed by atoms with van der Waals surface area (Å²) in [5.41, 5.74) is 3.14. The van der Waals surface area contributed by atoms with Crippen LogP contribution < -0.4 is 10.6 Å². The number of ether oxygens (including phenoxy) is 1. The molecule has 0 aromatic heterocycles. The van der Waals surface area contributed by atoms with Crippen LogP contribution >= 0.6 is 0 Å².